The molecule has 142 valence electrons. The van der Waals surface area contributed by atoms with E-state index in [0.29, 0.717) is 62.2 Å². The van der Waals surface area contributed by atoms with Gasteiger partial charge >= 0.3 is 6.03 Å². The van der Waals surface area contributed by atoms with Crippen LogP contribution in [0.4, 0.5) is 4.79 Å². The van der Waals surface area contributed by atoms with Crippen LogP contribution in [0.5, 0.6) is 11.5 Å². The zero-order valence-electron chi connectivity index (χ0n) is 15.1. The number of benzene rings is 1. The molecule has 3 amide bonds. The largest absolute Gasteiger partial charge is 0.492 e. The molecule has 1 aromatic rings. The molecule has 1 aromatic carbocycles. The number of ether oxygens (including phenoxy) is 2. The maximum atomic E-state index is 12.0. The van der Waals surface area contributed by atoms with Crippen LogP contribution in [0.2, 0.25) is 5.02 Å². The minimum absolute atomic E-state index is 0.217. The number of rotatable bonds is 6. The molecule has 0 aliphatic carbocycles. The van der Waals surface area contributed by atoms with E-state index in [4.69, 9.17) is 21.1 Å². The summed E-state index contributed by atoms with van der Waals surface area (Å²) in [6.07, 6.45) is 1.18. The average molecular weight is 382 g/mol. The number of hydrogen-bond acceptors (Lipinski definition) is 5. The van der Waals surface area contributed by atoms with Gasteiger partial charge in [0.25, 0.3) is 5.91 Å². The second-order valence-corrected chi connectivity index (χ2v) is 6.92. The van der Waals surface area contributed by atoms with Gasteiger partial charge in [-0.2, -0.15) is 0 Å². The van der Waals surface area contributed by atoms with Gasteiger partial charge in [-0.15, -0.1) is 0 Å². The second-order valence-electron chi connectivity index (χ2n) is 6.54. The van der Waals surface area contributed by atoms with Gasteiger partial charge in [0.15, 0.2) is 0 Å². The van der Waals surface area contributed by atoms with E-state index in [0.717, 1.165) is 5.56 Å². The van der Waals surface area contributed by atoms with Crippen LogP contribution in [0, 0.1) is 0 Å². The summed E-state index contributed by atoms with van der Waals surface area (Å²) < 4.78 is 11.2. The van der Waals surface area contributed by atoms with E-state index in [9.17, 15) is 9.59 Å². The molecule has 0 unspecified atom stereocenters. The van der Waals surface area contributed by atoms with E-state index in [1.807, 2.05) is 26.0 Å². The molecule has 2 N–H and O–H groups in total. The maximum absolute atomic E-state index is 12.0. The molecule has 0 aromatic heterocycles. The summed E-state index contributed by atoms with van der Waals surface area (Å²) in [4.78, 5) is 25.7. The smallest absolute Gasteiger partial charge is 0.322 e. The van der Waals surface area contributed by atoms with Gasteiger partial charge in [0.2, 0.25) is 0 Å². The molecule has 1 spiro atoms. The predicted octanol–water partition coefficient (Wildman–Crippen LogP) is 2.31. The third-order valence-corrected chi connectivity index (χ3v) is 5.17. The highest BCUT2D eigenvalue weighted by Gasteiger charge is 2.47. The fourth-order valence-corrected chi connectivity index (χ4v) is 3.69. The molecule has 2 saturated heterocycles. The lowest BCUT2D eigenvalue weighted by molar-refractivity contribution is -0.125. The number of amides is 3. The van der Waals surface area contributed by atoms with Crippen LogP contribution in [0.3, 0.4) is 0 Å². The fraction of sp³-hybridized carbons (Fsp3) is 0.556. The number of carbonyl (C=O) groups is 2. The molecule has 3 rings (SSSR count). The van der Waals surface area contributed by atoms with E-state index < -0.39 is 11.6 Å². The number of urea groups is 1. The highest BCUT2D eigenvalue weighted by Crippen LogP contribution is 2.36. The van der Waals surface area contributed by atoms with Gasteiger partial charge in [0, 0.05) is 19.6 Å². The van der Waals surface area contributed by atoms with Crippen LogP contribution in [0.25, 0.3) is 0 Å². The summed E-state index contributed by atoms with van der Waals surface area (Å²) >= 11 is 6.34. The number of likely N-dealkylation sites (tertiary alicyclic amines) is 1. The molecule has 2 heterocycles. The molecule has 26 heavy (non-hydrogen) atoms. The van der Waals surface area contributed by atoms with Gasteiger partial charge in [0.1, 0.15) is 22.1 Å². The molecule has 0 bridgehead atoms. The van der Waals surface area contributed by atoms with Gasteiger partial charge in [-0.3, -0.25) is 15.0 Å². The molecule has 2 fully saturated rings. The number of hydrogen-bond donors (Lipinski definition) is 2. The van der Waals surface area contributed by atoms with E-state index >= 15 is 0 Å². The Morgan fingerprint density at radius 3 is 2.15 bits per heavy atom. The molecule has 2 aliphatic rings. The Morgan fingerprint density at radius 1 is 1.12 bits per heavy atom. The fourth-order valence-electron chi connectivity index (χ4n) is 3.47. The first-order valence-electron chi connectivity index (χ1n) is 8.91. The number of piperidine rings is 1. The van der Waals surface area contributed by atoms with Gasteiger partial charge in [-0.1, -0.05) is 11.6 Å². The van der Waals surface area contributed by atoms with Crippen molar-refractivity contribution in [2.75, 3.05) is 26.3 Å². The number of carbonyl (C=O) groups excluding carboxylic acids is 2. The van der Waals surface area contributed by atoms with Crippen molar-refractivity contribution in [3.63, 3.8) is 0 Å². The van der Waals surface area contributed by atoms with Crippen molar-refractivity contribution in [3.8, 4) is 11.5 Å². The Labute approximate surface area is 158 Å². The average Bonchev–Trinajstić information content (AvgIpc) is 2.88. The lowest BCUT2D eigenvalue weighted by atomic mass is 9.87. The number of imide groups is 1. The standard InChI is InChI=1S/C18H24ClN3O4/c1-3-25-13-9-12(10-14(15(13)19)26-4-2)11-22-7-5-18(6-8-22)16(23)20-17(24)21-18/h9-10H,3-8,11H2,1-2H3,(H2,20,21,23,24). The summed E-state index contributed by atoms with van der Waals surface area (Å²) in [6, 6.07) is 3.47. The van der Waals surface area contributed by atoms with Crippen molar-refractivity contribution < 1.29 is 19.1 Å². The zero-order chi connectivity index (χ0) is 18.7. The Hall–Kier alpha value is -1.99. The second kappa shape index (κ2) is 7.72. The van der Waals surface area contributed by atoms with Gasteiger partial charge in [-0.05, 0) is 44.4 Å². The minimum Gasteiger partial charge on any atom is -0.492 e. The van der Waals surface area contributed by atoms with Crippen molar-refractivity contribution >= 4 is 23.5 Å². The van der Waals surface area contributed by atoms with Crippen LogP contribution in [0.1, 0.15) is 32.3 Å². The lowest BCUT2D eigenvalue weighted by Gasteiger charge is -2.37. The van der Waals surface area contributed by atoms with Crippen molar-refractivity contribution in [1.82, 2.24) is 15.5 Å². The lowest BCUT2D eigenvalue weighted by Crippen LogP contribution is -2.54. The Bertz CT molecular complexity index is 675. The third-order valence-electron chi connectivity index (χ3n) is 4.80. The summed E-state index contributed by atoms with van der Waals surface area (Å²) in [7, 11) is 0. The molecule has 7 nitrogen and oxygen atoms in total. The predicted molar refractivity (Wildman–Crippen MR) is 97.7 cm³/mol. The maximum Gasteiger partial charge on any atom is 0.322 e. The monoisotopic (exact) mass is 381 g/mol. The van der Waals surface area contributed by atoms with E-state index in [-0.39, 0.29) is 5.91 Å². The highest BCUT2D eigenvalue weighted by atomic mass is 35.5. The topological polar surface area (TPSA) is 79.9 Å². The van der Waals surface area contributed by atoms with E-state index in [2.05, 4.69) is 15.5 Å². The van der Waals surface area contributed by atoms with Crippen LogP contribution in [0.15, 0.2) is 12.1 Å². The van der Waals surface area contributed by atoms with Crippen molar-refractivity contribution in [2.45, 2.75) is 38.8 Å². The van der Waals surface area contributed by atoms with Crippen molar-refractivity contribution in [1.29, 1.82) is 0 Å². The number of nitrogens with zero attached hydrogens (tertiary/aromatic N) is 1. The molecular weight excluding hydrogens is 358 g/mol. The first-order valence-corrected chi connectivity index (χ1v) is 9.29. The molecule has 0 radical (unpaired) electrons. The molecule has 0 atom stereocenters. The number of halogens is 1. The van der Waals surface area contributed by atoms with E-state index in [1.165, 1.54) is 0 Å². The molecule has 8 heteroatoms. The quantitative estimate of drug-likeness (QED) is 0.739. The van der Waals surface area contributed by atoms with Crippen LogP contribution < -0.4 is 20.1 Å². The highest BCUT2D eigenvalue weighted by molar-refractivity contribution is 6.33. The zero-order valence-corrected chi connectivity index (χ0v) is 15.8. The molecule has 2 aliphatic heterocycles. The van der Waals surface area contributed by atoms with Gasteiger partial charge in [-0.25, -0.2) is 4.79 Å². The molecular formula is C18H24ClN3O4. The summed E-state index contributed by atoms with van der Waals surface area (Å²) in [6.45, 7) is 6.99. The number of nitrogens with one attached hydrogen (secondary N) is 2. The van der Waals surface area contributed by atoms with Gasteiger partial charge < -0.3 is 14.8 Å². The van der Waals surface area contributed by atoms with Crippen LogP contribution in [-0.2, 0) is 11.3 Å². The van der Waals surface area contributed by atoms with Gasteiger partial charge in [0.05, 0.1) is 13.2 Å². The Kier molecular flexibility index (Phi) is 5.58. The Morgan fingerprint density at radius 2 is 1.69 bits per heavy atom. The van der Waals surface area contributed by atoms with Crippen LogP contribution in [-0.4, -0.2) is 48.7 Å². The minimum atomic E-state index is -0.749. The van der Waals surface area contributed by atoms with Crippen molar-refractivity contribution in [3.05, 3.63) is 22.7 Å². The Balaban J connectivity index is 1.69. The summed E-state index contributed by atoms with van der Waals surface area (Å²) in [5, 5.41) is 5.60. The first-order chi connectivity index (χ1) is 12.5. The normalized spacial score (nSPS) is 19.3. The summed E-state index contributed by atoms with van der Waals surface area (Å²) in [5.74, 6) is 1.02. The van der Waals surface area contributed by atoms with Crippen molar-refractivity contribution in [2.24, 2.45) is 0 Å². The summed E-state index contributed by atoms with van der Waals surface area (Å²) in [5.41, 5.74) is 0.290. The SMILES string of the molecule is CCOc1cc(CN2CCC3(CC2)NC(=O)NC3=O)cc(OCC)c1Cl. The van der Waals surface area contributed by atoms with Crippen LogP contribution >= 0.6 is 11.6 Å². The van der Waals surface area contributed by atoms with E-state index in [1.54, 1.807) is 0 Å². The third kappa shape index (κ3) is 3.73. The molecule has 0 saturated carbocycles. The first kappa shape index (κ1) is 18.8.